The van der Waals surface area contributed by atoms with Gasteiger partial charge in [0.15, 0.2) is 0 Å². The van der Waals surface area contributed by atoms with Crippen LogP contribution in [0.15, 0.2) is 81.8 Å². The van der Waals surface area contributed by atoms with Gasteiger partial charge < -0.3 is 0 Å². The van der Waals surface area contributed by atoms with E-state index in [0.717, 1.165) is 11.1 Å². The van der Waals surface area contributed by atoms with E-state index in [9.17, 15) is 4.39 Å². The van der Waals surface area contributed by atoms with Crippen molar-refractivity contribution in [2.24, 2.45) is 11.8 Å². The number of hydrogen-bond donors (Lipinski definition) is 0. The third kappa shape index (κ3) is 21.7. The minimum absolute atomic E-state index is 0.156. The van der Waals surface area contributed by atoms with Crippen LogP contribution < -0.4 is 0 Å². The summed E-state index contributed by atoms with van der Waals surface area (Å²) in [4.78, 5) is 0. The first-order valence-electron chi connectivity index (χ1n) is 12.8. The van der Waals surface area contributed by atoms with Gasteiger partial charge in [0.2, 0.25) is 0 Å². The van der Waals surface area contributed by atoms with Crippen molar-refractivity contribution in [1.29, 1.82) is 0 Å². The molecule has 2 unspecified atom stereocenters. The highest BCUT2D eigenvalue weighted by atomic mass is 19.1. The lowest BCUT2D eigenvalue weighted by Crippen LogP contribution is -1.96. The fraction of sp³-hybridized carbons (Fsp3) is 0.562. The van der Waals surface area contributed by atoms with E-state index in [1.165, 1.54) is 16.7 Å². The monoisotopic (exact) mass is 460 g/mol. The van der Waals surface area contributed by atoms with Gasteiger partial charge in [0.1, 0.15) is 5.83 Å². The molecule has 0 fully saturated rings. The van der Waals surface area contributed by atoms with E-state index >= 15 is 0 Å². The highest BCUT2D eigenvalue weighted by Crippen LogP contribution is 2.22. The first-order chi connectivity index (χ1) is 15.5. The Morgan fingerprint density at radius 2 is 0.909 bits per heavy atom. The third-order valence-corrected chi connectivity index (χ3v) is 4.78. The summed E-state index contributed by atoms with van der Waals surface area (Å²) in [6.07, 6.45) is 14.3. The maximum absolute atomic E-state index is 14.6. The molecule has 0 aliphatic carbocycles. The lowest BCUT2D eigenvalue weighted by atomic mass is 9.95. The summed E-state index contributed by atoms with van der Waals surface area (Å²) in [5, 5.41) is 0. The topological polar surface area (TPSA) is 0 Å². The van der Waals surface area contributed by atoms with E-state index in [0.29, 0.717) is 11.5 Å². The molecule has 0 aromatic rings. The van der Waals surface area contributed by atoms with Crippen molar-refractivity contribution in [3.8, 4) is 0 Å². The second kappa shape index (κ2) is 24.7. The van der Waals surface area contributed by atoms with Crippen molar-refractivity contribution in [2.75, 3.05) is 0 Å². The summed E-state index contributed by atoms with van der Waals surface area (Å²) in [5.41, 5.74) is 6.49. The molecule has 0 heterocycles. The maximum Gasteiger partial charge on any atom is 0.126 e. The molecule has 0 saturated carbocycles. The highest BCUT2D eigenvalue weighted by Gasteiger charge is 2.06. The van der Waals surface area contributed by atoms with Crippen LogP contribution in [0.2, 0.25) is 0 Å². The molecule has 0 aromatic carbocycles. The quantitative estimate of drug-likeness (QED) is 0.249. The van der Waals surface area contributed by atoms with Gasteiger partial charge in [-0.15, -0.1) is 0 Å². The summed E-state index contributed by atoms with van der Waals surface area (Å²) >= 11 is 0. The van der Waals surface area contributed by atoms with Crippen LogP contribution in [0.3, 0.4) is 0 Å². The fourth-order valence-electron chi connectivity index (χ4n) is 2.13. The molecular weight excluding hydrogens is 403 g/mol. The van der Waals surface area contributed by atoms with E-state index in [1.807, 2.05) is 88.3 Å². The molecule has 2 atom stereocenters. The molecule has 0 N–H and O–H groups in total. The molecule has 0 spiro atoms. The SMILES string of the molecule is CC.CC.CC.CC(C)=C/C=C(C)/C(C)=C(F)/C=C(\C)C(C)/C=C\C(C)/C(C)=C/C=C(C)C. The Balaban J connectivity index is -0.000000642. The van der Waals surface area contributed by atoms with Crippen molar-refractivity contribution < 1.29 is 4.39 Å². The first kappa shape index (κ1) is 38.4. The molecule has 0 aromatic heterocycles. The molecule has 0 bridgehead atoms. The molecule has 33 heavy (non-hydrogen) atoms. The minimum Gasteiger partial charge on any atom is -0.207 e. The fourth-order valence-corrected chi connectivity index (χ4v) is 2.13. The molecule has 0 aliphatic heterocycles. The van der Waals surface area contributed by atoms with Gasteiger partial charge in [0.05, 0.1) is 0 Å². The molecule has 192 valence electrons. The summed E-state index contributed by atoms with van der Waals surface area (Å²) < 4.78 is 14.6. The largest absolute Gasteiger partial charge is 0.207 e. The highest BCUT2D eigenvalue weighted by molar-refractivity contribution is 5.38. The molecule has 0 nitrogen and oxygen atoms in total. The Morgan fingerprint density at radius 3 is 1.30 bits per heavy atom. The molecule has 0 rings (SSSR count). The zero-order chi connectivity index (χ0) is 27.1. The standard InChI is InChI=1S/C26H39F.3C2H6/c1-18(2)11-13-20(5)21(6)15-16-22(7)24(9)17-26(27)25(10)23(8)14-12-19(3)4;3*1-2/h11-17,21-22H,1-10H3;3*1-2H3/b16-15-,20-13+,23-14+,24-17+,26-25-;;;. The molecule has 0 radical (unpaired) electrons. The Bertz CT molecular complexity index is 695. The van der Waals surface area contributed by atoms with E-state index in [2.05, 4.69) is 58.9 Å². The predicted molar refractivity (Wildman–Crippen MR) is 155 cm³/mol. The first-order valence-corrected chi connectivity index (χ1v) is 12.8. The van der Waals surface area contributed by atoms with Crippen molar-refractivity contribution >= 4 is 0 Å². The van der Waals surface area contributed by atoms with Gasteiger partial charge in [0.25, 0.3) is 0 Å². The van der Waals surface area contributed by atoms with Crippen LogP contribution in [0, 0.1) is 11.8 Å². The number of allylic oxidation sites excluding steroid dienone is 14. The Kier molecular flexibility index (Phi) is 28.8. The lowest BCUT2D eigenvalue weighted by molar-refractivity contribution is 0.650. The van der Waals surface area contributed by atoms with Crippen LogP contribution in [0.25, 0.3) is 0 Å². The Labute approximate surface area is 208 Å². The zero-order valence-corrected chi connectivity index (χ0v) is 25.1. The van der Waals surface area contributed by atoms with Gasteiger partial charge in [-0.1, -0.05) is 114 Å². The van der Waals surface area contributed by atoms with Gasteiger partial charge >= 0.3 is 0 Å². The van der Waals surface area contributed by atoms with Gasteiger partial charge in [-0.05, 0) is 84.4 Å². The summed E-state index contributed by atoms with van der Waals surface area (Å²) in [6.45, 7) is 32.5. The van der Waals surface area contributed by atoms with E-state index in [1.54, 1.807) is 6.08 Å². The predicted octanol–water partition coefficient (Wildman–Crippen LogP) is 11.9. The Morgan fingerprint density at radius 1 is 0.545 bits per heavy atom. The van der Waals surface area contributed by atoms with Crippen molar-refractivity contribution in [3.05, 3.63) is 81.8 Å². The van der Waals surface area contributed by atoms with Crippen LogP contribution in [-0.2, 0) is 0 Å². The molecule has 0 amide bonds. The smallest absolute Gasteiger partial charge is 0.126 e. The average molecular weight is 461 g/mol. The summed E-state index contributed by atoms with van der Waals surface area (Å²) in [5.74, 6) is 0.410. The van der Waals surface area contributed by atoms with Crippen molar-refractivity contribution in [2.45, 2.75) is 111 Å². The van der Waals surface area contributed by atoms with Gasteiger partial charge in [-0.3, -0.25) is 0 Å². The molecule has 0 aliphatic rings. The number of hydrogen-bond acceptors (Lipinski definition) is 0. The molecule has 0 saturated heterocycles. The van der Waals surface area contributed by atoms with Crippen LogP contribution in [0.4, 0.5) is 4.39 Å². The van der Waals surface area contributed by atoms with E-state index in [4.69, 9.17) is 0 Å². The van der Waals surface area contributed by atoms with Crippen LogP contribution in [0.1, 0.15) is 111 Å². The summed E-state index contributed by atoms with van der Waals surface area (Å²) in [6, 6.07) is 0. The van der Waals surface area contributed by atoms with Crippen molar-refractivity contribution in [3.63, 3.8) is 0 Å². The van der Waals surface area contributed by atoms with Gasteiger partial charge in [-0.25, -0.2) is 4.39 Å². The van der Waals surface area contributed by atoms with E-state index < -0.39 is 0 Å². The van der Waals surface area contributed by atoms with Crippen LogP contribution in [-0.4, -0.2) is 0 Å². The lowest BCUT2D eigenvalue weighted by Gasteiger charge is -2.11. The number of rotatable bonds is 8. The zero-order valence-electron chi connectivity index (χ0n) is 25.1. The van der Waals surface area contributed by atoms with E-state index in [-0.39, 0.29) is 11.7 Å². The Hall–Kier alpha value is -1.89. The summed E-state index contributed by atoms with van der Waals surface area (Å²) in [7, 11) is 0. The van der Waals surface area contributed by atoms with Crippen LogP contribution >= 0.6 is 0 Å². The normalized spacial score (nSPS) is 14.3. The molecule has 1 heteroatoms. The van der Waals surface area contributed by atoms with Gasteiger partial charge in [0, 0.05) is 0 Å². The second-order valence-corrected chi connectivity index (χ2v) is 8.07. The third-order valence-electron chi connectivity index (χ3n) is 4.78. The minimum atomic E-state index is -0.156. The van der Waals surface area contributed by atoms with Crippen LogP contribution in [0.5, 0.6) is 0 Å². The second-order valence-electron chi connectivity index (χ2n) is 8.07. The maximum atomic E-state index is 14.6. The number of halogens is 1. The van der Waals surface area contributed by atoms with Crippen molar-refractivity contribution in [1.82, 2.24) is 0 Å². The average Bonchev–Trinajstić information content (AvgIpc) is 2.82. The van der Waals surface area contributed by atoms with Gasteiger partial charge in [-0.2, -0.15) is 0 Å². The molecular formula is C32H57F.